The molecule has 0 aliphatic carbocycles. The SMILES string of the molecule is Cc1cccc(N/C=C/C(=O)c2ccc(C(C)C)cc2)c1. The van der Waals surface area contributed by atoms with Gasteiger partial charge < -0.3 is 5.32 Å². The topological polar surface area (TPSA) is 29.1 Å². The van der Waals surface area contributed by atoms with Gasteiger partial charge in [0, 0.05) is 23.5 Å². The van der Waals surface area contributed by atoms with Gasteiger partial charge in [0.25, 0.3) is 0 Å². The lowest BCUT2D eigenvalue weighted by Crippen LogP contribution is -1.97. The molecule has 0 unspecified atom stereocenters. The first-order valence-electron chi connectivity index (χ1n) is 7.20. The fourth-order valence-electron chi connectivity index (χ4n) is 2.08. The molecule has 0 fully saturated rings. The molecule has 0 radical (unpaired) electrons. The molecule has 0 amide bonds. The predicted molar refractivity (Wildman–Crippen MR) is 88.8 cm³/mol. The molecule has 0 atom stereocenters. The summed E-state index contributed by atoms with van der Waals surface area (Å²) in [7, 11) is 0. The Bertz CT molecular complexity index is 639. The highest BCUT2D eigenvalue weighted by atomic mass is 16.1. The van der Waals surface area contributed by atoms with Crippen LogP contribution in [0.15, 0.2) is 60.8 Å². The molecule has 2 aromatic rings. The number of benzene rings is 2. The molecule has 21 heavy (non-hydrogen) atoms. The van der Waals surface area contributed by atoms with Crippen molar-refractivity contribution in [2.24, 2.45) is 0 Å². The monoisotopic (exact) mass is 279 g/mol. The van der Waals surface area contributed by atoms with Crippen molar-refractivity contribution < 1.29 is 4.79 Å². The number of rotatable bonds is 5. The molecular formula is C19H21NO. The van der Waals surface area contributed by atoms with Gasteiger partial charge in [-0.3, -0.25) is 4.79 Å². The van der Waals surface area contributed by atoms with E-state index < -0.39 is 0 Å². The molecule has 0 heterocycles. The Labute approximate surface area is 126 Å². The van der Waals surface area contributed by atoms with Gasteiger partial charge in [-0.1, -0.05) is 50.2 Å². The molecule has 1 N–H and O–H groups in total. The van der Waals surface area contributed by atoms with E-state index in [-0.39, 0.29) is 5.78 Å². The Morgan fingerprint density at radius 1 is 1.10 bits per heavy atom. The van der Waals surface area contributed by atoms with Gasteiger partial charge >= 0.3 is 0 Å². The number of aryl methyl sites for hydroxylation is 1. The molecule has 0 spiro atoms. The molecule has 0 aliphatic rings. The van der Waals surface area contributed by atoms with Crippen LogP contribution < -0.4 is 5.32 Å². The van der Waals surface area contributed by atoms with Crippen LogP contribution in [0, 0.1) is 6.92 Å². The van der Waals surface area contributed by atoms with E-state index in [9.17, 15) is 4.79 Å². The zero-order valence-corrected chi connectivity index (χ0v) is 12.8. The summed E-state index contributed by atoms with van der Waals surface area (Å²) in [5.41, 5.74) is 4.12. The highest BCUT2D eigenvalue weighted by molar-refractivity contribution is 6.04. The van der Waals surface area contributed by atoms with Crippen LogP contribution in [0.2, 0.25) is 0 Å². The van der Waals surface area contributed by atoms with Crippen LogP contribution in [0.3, 0.4) is 0 Å². The fraction of sp³-hybridized carbons (Fsp3) is 0.211. The molecular weight excluding hydrogens is 258 g/mol. The lowest BCUT2D eigenvalue weighted by atomic mass is 10.0. The maximum absolute atomic E-state index is 12.1. The molecule has 2 aromatic carbocycles. The molecule has 0 saturated heterocycles. The van der Waals surface area contributed by atoms with E-state index in [0.29, 0.717) is 11.5 Å². The summed E-state index contributed by atoms with van der Waals surface area (Å²) >= 11 is 0. The normalized spacial score (nSPS) is 11.0. The maximum Gasteiger partial charge on any atom is 0.187 e. The van der Waals surface area contributed by atoms with Gasteiger partial charge in [-0.15, -0.1) is 0 Å². The van der Waals surface area contributed by atoms with Crippen molar-refractivity contribution in [3.8, 4) is 0 Å². The zero-order chi connectivity index (χ0) is 15.2. The van der Waals surface area contributed by atoms with E-state index in [1.807, 2.05) is 55.5 Å². The zero-order valence-electron chi connectivity index (χ0n) is 12.8. The quantitative estimate of drug-likeness (QED) is 0.621. The summed E-state index contributed by atoms with van der Waals surface area (Å²) < 4.78 is 0. The first kappa shape index (κ1) is 15.0. The van der Waals surface area contributed by atoms with E-state index >= 15 is 0 Å². The Balaban J connectivity index is 1.99. The third kappa shape index (κ3) is 4.32. The molecule has 2 rings (SSSR count). The van der Waals surface area contributed by atoms with Crippen molar-refractivity contribution in [2.75, 3.05) is 5.32 Å². The molecule has 108 valence electrons. The maximum atomic E-state index is 12.1. The Kier molecular flexibility index (Phi) is 4.94. The van der Waals surface area contributed by atoms with E-state index in [1.54, 1.807) is 12.3 Å². The van der Waals surface area contributed by atoms with Crippen LogP contribution in [-0.4, -0.2) is 5.78 Å². The lowest BCUT2D eigenvalue weighted by Gasteiger charge is -2.05. The summed E-state index contributed by atoms with van der Waals surface area (Å²) in [6, 6.07) is 15.8. The molecule has 0 aromatic heterocycles. The molecule has 0 saturated carbocycles. The van der Waals surface area contributed by atoms with E-state index in [0.717, 1.165) is 5.69 Å². The van der Waals surface area contributed by atoms with Crippen molar-refractivity contribution in [1.82, 2.24) is 0 Å². The lowest BCUT2D eigenvalue weighted by molar-refractivity contribution is 0.104. The van der Waals surface area contributed by atoms with Crippen LogP contribution in [0.4, 0.5) is 5.69 Å². The number of ketones is 1. The number of hydrogen-bond donors (Lipinski definition) is 1. The minimum Gasteiger partial charge on any atom is -0.362 e. The largest absolute Gasteiger partial charge is 0.362 e. The van der Waals surface area contributed by atoms with Gasteiger partial charge in [0.15, 0.2) is 5.78 Å². The van der Waals surface area contributed by atoms with Gasteiger partial charge in [0.05, 0.1) is 0 Å². The Morgan fingerprint density at radius 3 is 2.43 bits per heavy atom. The molecule has 0 aliphatic heterocycles. The van der Waals surface area contributed by atoms with Crippen LogP contribution in [0.5, 0.6) is 0 Å². The van der Waals surface area contributed by atoms with E-state index in [1.165, 1.54) is 11.1 Å². The molecule has 2 heteroatoms. The second-order valence-electron chi connectivity index (χ2n) is 5.49. The van der Waals surface area contributed by atoms with Gasteiger partial charge in [-0.05, 0) is 36.1 Å². The number of hydrogen-bond acceptors (Lipinski definition) is 2. The van der Waals surface area contributed by atoms with Crippen molar-refractivity contribution in [3.05, 3.63) is 77.5 Å². The highest BCUT2D eigenvalue weighted by Crippen LogP contribution is 2.15. The van der Waals surface area contributed by atoms with Gasteiger partial charge in [-0.25, -0.2) is 0 Å². The number of anilines is 1. The first-order valence-corrected chi connectivity index (χ1v) is 7.20. The average Bonchev–Trinajstić information content (AvgIpc) is 2.47. The van der Waals surface area contributed by atoms with Crippen molar-refractivity contribution in [1.29, 1.82) is 0 Å². The summed E-state index contributed by atoms with van der Waals surface area (Å²) in [5.74, 6) is 0.484. The average molecular weight is 279 g/mol. The second kappa shape index (κ2) is 6.89. The van der Waals surface area contributed by atoms with Crippen LogP contribution in [-0.2, 0) is 0 Å². The fourth-order valence-corrected chi connectivity index (χ4v) is 2.08. The summed E-state index contributed by atoms with van der Waals surface area (Å²) in [6.07, 6.45) is 3.25. The van der Waals surface area contributed by atoms with Gasteiger partial charge in [0.2, 0.25) is 0 Å². The number of carbonyl (C=O) groups excluding carboxylic acids is 1. The number of carbonyl (C=O) groups is 1. The Morgan fingerprint density at radius 2 is 1.81 bits per heavy atom. The number of allylic oxidation sites excluding steroid dienone is 1. The molecule has 2 nitrogen and oxygen atoms in total. The number of nitrogens with one attached hydrogen (secondary N) is 1. The van der Waals surface area contributed by atoms with E-state index in [2.05, 4.69) is 19.2 Å². The minimum atomic E-state index is 0.00505. The third-order valence-corrected chi connectivity index (χ3v) is 3.36. The third-order valence-electron chi connectivity index (χ3n) is 3.36. The van der Waals surface area contributed by atoms with Gasteiger partial charge in [0.1, 0.15) is 0 Å². The first-order chi connectivity index (χ1) is 10.1. The van der Waals surface area contributed by atoms with Crippen molar-refractivity contribution in [2.45, 2.75) is 26.7 Å². The predicted octanol–water partition coefficient (Wildman–Crippen LogP) is 4.93. The standard InChI is InChI=1S/C19H21NO/c1-14(2)16-7-9-17(10-8-16)19(21)11-12-20-18-6-4-5-15(3)13-18/h4-14,20H,1-3H3/b12-11+. The van der Waals surface area contributed by atoms with Gasteiger partial charge in [-0.2, -0.15) is 0 Å². The minimum absolute atomic E-state index is 0.00505. The van der Waals surface area contributed by atoms with Crippen molar-refractivity contribution >= 4 is 11.5 Å². The van der Waals surface area contributed by atoms with Crippen LogP contribution in [0.1, 0.15) is 41.3 Å². The van der Waals surface area contributed by atoms with E-state index in [4.69, 9.17) is 0 Å². The smallest absolute Gasteiger partial charge is 0.187 e. The molecule has 0 bridgehead atoms. The van der Waals surface area contributed by atoms with Crippen molar-refractivity contribution in [3.63, 3.8) is 0 Å². The highest BCUT2D eigenvalue weighted by Gasteiger charge is 2.03. The Hall–Kier alpha value is -2.35. The summed E-state index contributed by atoms with van der Waals surface area (Å²) in [4.78, 5) is 12.1. The summed E-state index contributed by atoms with van der Waals surface area (Å²) in [6.45, 7) is 6.32. The summed E-state index contributed by atoms with van der Waals surface area (Å²) in [5, 5.41) is 3.11. The van der Waals surface area contributed by atoms with Crippen LogP contribution >= 0.6 is 0 Å². The van der Waals surface area contributed by atoms with Crippen LogP contribution in [0.25, 0.3) is 0 Å². The second-order valence-corrected chi connectivity index (χ2v) is 5.49.